The summed E-state index contributed by atoms with van der Waals surface area (Å²) in [5.41, 5.74) is -0.219. The summed E-state index contributed by atoms with van der Waals surface area (Å²) in [6.45, 7) is 6.10. The van der Waals surface area contributed by atoms with Crippen LogP contribution in [0, 0.1) is 0 Å². The smallest absolute Gasteiger partial charge is 0.240 e. The molecule has 0 aromatic rings. The van der Waals surface area contributed by atoms with Crippen LogP contribution in [0.25, 0.3) is 0 Å². The molecule has 1 amide bonds. The molecule has 0 aliphatic carbocycles. The van der Waals surface area contributed by atoms with E-state index >= 15 is 0 Å². The second kappa shape index (κ2) is 2.81. The lowest BCUT2D eigenvalue weighted by atomic mass is 9.86. The molecule has 11 heavy (non-hydrogen) atoms. The highest BCUT2D eigenvalue weighted by Crippen LogP contribution is 2.29. The molecule has 1 fully saturated rings. The van der Waals surface area contributed by atoms with Crippen molar-refractivity contribution < 1.29 is 4.79 Å². The highest BCUT2D eigenvalue weighted by molar-refractivity contribution is 5.86. The van der Waals surface area contributed by atoms with Crippen molar-refractivity contribution in [3.8, 4) is 0 Å². The van der Waals surface area contributed by atoms with Gasteiger partial charge in [0.15, 0.2) is 0 Å². The molecule has 0 spiro atoms. The number of likely N-dealkylation sites (N-methyl/N-ethyl adjacent to an activating group) is 2. The normalized spacial score (nSPS) is 31.2. The van der Waals surface area contributed by atoms with Gasteiger partial charge in [0.1, 0.15) is 0 Å². The first-order chi connectivity index (χ1) is 5.15. The Labute approximate surface area is 67.8 Å². The van der Waals surface area contributed by atoms with Gasteiger partial charge in [-0.25, -0.2) is 0 Å². The Morgan fingerprint density at radius 3 is 2.64 bits per heavy atom. The molecule has 1 atom stereocenters. The van der Waals surface area contributed by atoms with E-state index in [-0.39, 0.29) is 11.4 Å². The topological polar surface area (TPSA) is 32.3 Å². The van der Waals surface area contributed by atoms with E-state index in [1.54, 1.807) is 7.05 Å². The lowest BCUT2D eigenvalue weighted by Gasteiger charge is -2.48. The minimum atomic E-state index is -0.219. The number of amides is 1. The zero-order chi connectivity index (χ0) is 8.48. The molecule has 1 heterocycles. The molecule has 1 N–H and O–H groups in total. The minimum absolute atomic E-state index is 0.144. The van der Waals surface area contributed by atoms with E-state index in [9.17, 15) is 4.79 Å². The Morgan fingerprint density at radius 2 is 2.36 bits per heavy atom. The fourth-order valence-corrected chi connectivity index (χ4v) is 1.64. The van der Waals surface area contributed by atoms with Crippen molar-refractivity contribution in [2.75, 3.05) is 20.1 Å². The van der Waals surface area contributed by atoms with Crippen LogP contribution in [0.1, 0.15) is 20.3 Å². The summed E-state index contributed by atoms with van der Waals surface area (Å²) in [6, 6.07) is 0. The van der Waals surface area contributed by atoms with Crippen molar-refractivity contribution in [2.45, 2.75) is 25.8 Å². The molecular formula is C8H16N2O. The fourth-order valence-electron chi connectivity index (χ4n) is 1.64. The highest BCUT2D eigenvalue weighted by Gasteiger charge is 2.45. The lowest BCUT2D eigenvalue weighted by molar-refractivity contribution is -0.140. The number of rotatable bonds is 2. The van der Waals surface area contributed by atoms with Gasteiger partial charge in [0.25, 0.3) is 0 Å². The van der Waals surface area contributed by atoms with E-state index in [4.69, 9.17) is 0 Å². The number of hydrogen-bond donors (Lipinski definition) is 1. The number of carbonyl (C=O) groups excluding carboxylic acids is 1. The quantitative estimate of drug-likeness (QED) is 0.620. The monoisotopic (exact) mass is 156 g/mol. The molecular weight excluding hydrogens is 140 g/mol. The van der Waals surface area contributed by atoms with E-state index in [2.05, 4.69) is 17.1 Å². The van der Waals surface area contributed by atoms with Crippen molar-refractivity contribution in [1.29, 1.82) is 0 Å². The summed E-state index contributed by atoms with van der Waals surface area (Å²) >= 11 is 0. The van der Waals surface area contributed by atoms with Crippen LogP contribution in [-0.2, 0) is 4.79 Å². The van der Waals surface area contributed by atoms with Crippen molar-refractivity contribution >= 4 is 5.91 Å². The van der Waals surface area contributed by atoms with Crippen LogP contribution in [0.4, 0.5) is 0 Å². The number of likely N-dealkylation sites (tertiary alicyclic amines) is 1. The van der Waals surface area contributed by atoms with Crippen LogP contribution >= 0.6 is 0 Å². The Morgan fingerprint density at radius 1 is 1.73 bits per heavy atom. The third kappa shape index (κ3) is 1.13. The molecule has 0 saturated carbocycles. The van der Waals surface area contributed by atoms with Crippen molar-refractivity contribution in [3.63, 3.8) is 0 Å². The number of nitrogens with one attached hydrogen (secondary N) is 1. The maximum absolute atomic E-state index is 11.3. The Hall–Kier alpha value is -0.570. The van der Waals surface area contributed by atoms with Gasteiger partial charge < -0.3 is 5.32 Å². The third-order valence-electron chi connectivity index (χ3n) is 2.66. The molecule has 1 saturated heterocycles. The SMILES string of the molecule is CCN1CCC1(C)C(=O)NC. The average Bonchev–Trinajstić information content (AvgIpc) is 2.00. The van der Waals surface area contributed by atoms with Gasteiger partial charge in [-0.2, -0.15) is 0 Å². The summed E-state index contributed by atoms with van der Waals surface area (Å²) in [4.78, 5) is 13.5. The highest BCUT2D eigenvalue weighted by atomic mass is 16.2. The second-order valence-electron chi connectivity index (χ2n) is 3.18. The van der Waals surface area contributed by atoms with E-state index < -0.39 is 0 Å². The molecule has 3 nitrogen and oxygen atoms in total. The Balaban J connectivity index is 2.60. The fraction of sp³-hybridized carbons (Fsp3) is 0.875. The van der Waals surface area contributed by atoms with Gasteiger partial charge in [0.05, 0.1) is 5.54 Å². The first-order valence-corrected chi connectivity index (χ1v) is 4.12. The van der Waals surface area contributed by atoms with Crippen LogP contribution in [0.3, 0.4) is 0 Å². The first-order valence-electron chi connectivity index (χ1n) is 4.12. The predicted octanol–water partition coefficient (Wildman–Crippen LogP) is 0.217. The zero-order valence-electron chi connectivity index (χ0n) is 7.48. The molecule has 0 aromatic carbocycles. The van der Waals surface area contributed by atoms with Crippen LogP contribution in [0.15, 0.2) is 0 Å². The zero-order valence-corrected chi connectivity index (χ0v) is 7.48. The second-order valence-corrected chi connectivity index (χ2v) is 3.18. The van der Waals surface area contributed by atoms with E-state index in [1.165, 1.54) is 0 Å². The number of nitrogens with zero attached hydrogens (tertiary/aromatic N) is 1. The van der Waals surface area contributed by atoms with Crippen LogP contribution in [0.5, 0.6) is 0 Å². The molecule has 1 aliphatic heterocycles. The van der Waals surface area contributed by atoms with E-state index in [1.807, 2.05) is 6.92 Å². The van der Waals surface area contributed by atoms with Gasteiger partial charge in [0, 0.05) is 13.6 Å². The molecule has 0 aromatic heterocycles. The number of carbonyl (C=O) groups is 1. The summed E-state index contributed by atoms with van der Waals surface area (Å²) in [6.07, 6.45) is 0.987. The molecule has 0 bridgehead atoms. The maximum Gasteiger partial charge on any atom is 0.240 e. The summed E-state index contributed by atoms with van der Waals surface area (Å²) in [5, 5.41) is 2.69. The van der Waals surface area contributed by atoms with Gasteiger partial charge in [-0.05, 0) is 19.9 Å². The molecule has 1 unspecified atom stereocenters. The first kappa shape index (κ1) is 8.53. The molecule has 1 aliphatic rings. The van der Waals surface area contributed by atoms with Crippen LogP contribution in [-0.4, -0.2) is 36.5 Å². The maximum atomic E-state index is 11.3. The van der Waals surface area contributed by atoms with Gasteiger partial charge >= 0.3 is 0 Å². The van der Waals surface area contributed by atoms with Gasteiger partial charge in [0.2, 0.25) is 5.91 Å². The van der Waals surface area contributed by atoms with Gasteiger partial charge in [-0.15, -0.1) is 0 Å². The minimum Gasteiger partial charge on any atom is -0.358 e. The molecule has 3 heteroatoms. The predicted molar refractivity (Wildman–Crippen MR) is 44.3 cm³/mol. The standard InChI is InChI=1S/C8H16N2O/c1-4-10-6-5-8(10,2)7(11)9-3/h4-6H2,1-3H3,(H,9,11). The third-order valence-corrected chi connectivity index (χ3v) is 2.66. The number of hydrogen-bond acceptors (Lipinski definition) is 2. The molecule has 0 radical (unpaired) electrons. The molecule has 1 rings (SSSR count). The van der Waals surface area contributed by atoms with E-state index in [0.717, 1.165) is 19.5 Å². The van der Waals surface area contributed by atoms with Gasteiger partial charge in [-0.3, -0.25) is 9.69 Å². The molecule has 64 valence electrons. The van der Waals surface area contributed by atoms with Crippen molar-refractivity contribution in [3.05, 3.63) is 0 Å². The van der Waals surface area contributed by atoms with Crippen molar-refractivity contribution in [1.82, 2.24) is 10.2 Å². The van der Waals surface area contributed by atoms with Crippen molar-refractivity contribution in [2.24, 2.45) is 0 Å². The average molecular weight is 156 g/mol. The Bertz CT molecular complexity index is 167. The summed E-state index contributed by atoms with van der Waals surface area (Å²) < 4.78 is 0. The Kier molecular flexibility index (Phi) is 2.18. The van der Waals surface area contributed by atoms with E-state index in [0.29, 0.717) is 0 Å². The summed E-state index contributed by atoms with van der Waals surface area (Å²) in [7, 11) is 1.69. The summed E-state index contributed by atoms with van der Waals surface area (Å²) in [5.74, 6) is 0.144. The van der Waals surface area contributed by atoms with Gasteiger partial charge in [-0.1, -0.05) is 6.92 Å². The van der Waals surface area contributed by atoms with Crippen LogP contribution < -0.4 is 5.32 Å². The largest absolute Gasteiger partial charge is 0.358 e. The van der Waals surface area contributed by atoms with Crippen LogP contribution in [0.2, 0.25) is 0 Å². The lowest BCUT2D eigenvalue weighted by Crippen LogP contribution is -2.65.